The van der Waals surface area contributed by atoms with E-state index < -0.39 is 0 Å². The third-order valence-corrected chi connectivity index (χ3v) is 1.89. The number of rotatable bonds is 1. The van der Waals surface area contributed by atoms with Gasteiger partial charge in [-0.1, -0.05) is 17.7 Å². The Kier molecular flexibility index (Phi) is 2.37. The Morgan fingerprint density at radius 3 is 2.55 bits per heavy atom. The summed E-state index contributed by atoms with van der Waals surface area (Å²) in [4.78, 5) is 0. The van der Waals surface area contributed by atoms with Gasteiger partial charge < -0.3 is 11.5 Å². The molecule has 2 nitrogen and oxygen atoms in total. The van der Waals surface area contributed by atoms with Gasteiger partial charge in [0.05, 0.1) is 10.7 Å². The molecule has 0 aromatic heterocycles. The van der Waals surface area contributed by atoms with Gasteiger partial charge in [0, 0.05) is 6.04 Å². The van der Waals surface area contributed by atoms with Crippen LogP contribution in [0.1, 0.15) is 18.5 Å². The maximum atomic E-state index is 5.72. The highest BCUT2D eigenvalue weighted by atomic mass is 35.5. The molecule has 0 fully saturated rings. The zero-order chi connectivity index (χ0) is 8.43. The van der Waals surface area contributed by atoms with E-state index in [9.17, 15) is 0 Å². The van der Waals surface area contributed by atoms with Crippen LogP contribution in [0.3, 0.4) is 0 Å². The lowest BCUT2D eigenvalue weighted by Gasteiger charge is -2.06. The van der Waals surface area contributed by atoms with Crippen molar-refractivity contribution >= 4 is 17.3 Å². The van der Waals surface area contributed by atoms with Crippen LogP contribution in [0.25, 0.3) is 0 Å². The summed E-state index contributed by atoms with van der Waals surface area (Å²) in [7, 11) is 0. The van der Waals surface area contributed by atoms with Crippen LogP contribution in [0.4, 0.5) is 5.69 Å². The molecular weight excluding hydrogens is 160 g/mol. The zero-order valence-corrected chi connectivity index (χ0v) is 7.10. The smallest absolute Gasteiger partial charge is 0.0635 e. The molecule has 60 valence electrons. The third kappa shape index (κ3) is 1.85. The Bertz CT molecular complexity index is 258. The summed E-state index contributed by atoms with van der Waals surface area (Å²) < 4.78 is 0. The van der Waals surface area contributed by atoms with Crippen LogP contribution in [-0.2, 0) is 0 Å². The molecule has 0 radical (unpaired) electrons. The van der Waals surface area contributed by atoms with Gasteiger partial charge in [-0.3, -0.25) is 0 Å². The van der Waals surface area contributed by atoms with Crippen molar-refractivity contribution in [2.24, 2.45) is 5.73 Å². The fourth-order valence-electron chi connectivity index (χ4n) is 0.845. The van der Waals surface area contributed by atoms with E-state index in [2.05, 4.69) is 0 Å². The van der Waals surface area contributed by atoms with E-state index in [-0.39, 0.29) is 6.04 Å². The zero-order valence-electron chi connectivity index (χ0n) is 6.34. The molecule has 1 unspecified atom stereocenters. The maximum Gasteiger partial charge on any atom is 0.0635 e. The van der Waals surface area contributed by atoms with Gasteiger partial charge in [-0.2, -0.15) is 0 Å². The molecule has 0 saturated heterocycles. The van der Waals surface area contributed by atoms with Crippen molar-refractivity contribution in [2.75, 3.05) is 5.73 Å². The van der Waals surface area contributed by atoms with Gasteiger partial charge in [0.1, 0.15) is 0 Å². The second-order valence-corrected chi connectivity index (χ2v) is 2.98. The molecule has 0 saturated carbocycles. The van der Waals surface area contributed by atoms with Gasteiger partial charge in [-0.05, 0) is 24.6 Å². The molecule has 0 aliphatic heterocycles. The van der Waals surface area contributed by atoms with Crippen LogP contribution in [0.2, 0.25) is 5.02 Å². The van der Waals surface area contributed by atoms with E-state index in [4.69, 9.17) is 23.1 Å². The van der Waals surface area contributed by atoms with Crippen LogP contribution in [0, 0.1) is 0 Å². The molecule has 0 aliphatic rings. The first-order chi connectivity index (χ1) is 5.11. The standard InChI is InChI=1S/C8H11ClN2/c1-5(10)6-2-3-7(9)8(11)4-6/h2-5H,10-11H2,1H3. The summed E-state index contributed by atoms with van der Waals surface area (Å²) in [5.41, 5.74) is 12.8. The van der Waals surface area contributed by atoms with Crippen molar-refractivity contribution in [2.45, 2.75) is 13.0 Å². The SMILES string of the molecule is CC(N)c1ccc(Cl)c(N)c1. The Labute approximate surface area is 71.1 Å². The van der Waals surface area contributed by atoms with E-state index in [1.165, 1.54) is 0 Å². The predicted molar refractivity (Wildman–Crippen MR) is 48.5 cm³/mol. The fraction of sp³-hybridized carbons (Fsp3) is 0.250. The average molecular weight is 171 g/mol. The first kappa shape index (κ1) is 8.37. The monoisotopic (exact) mass is 170 g/mol. The summed E-state index contributed by atoms with van der Waals surface area (Å²) in [6.45, 7) is 1.91. The Hall–Kier alpha value is -0.730. The minimum atomic E-state index is 0.00886. The molecule has 0 amide bonds. The van der Waals surface area contributed by atoms with Gasteiger partial charge in [-0.25, -0.2) is 0 Å². The summed E-state index contributed by atoms with van der Waals surface area (Å²) in [6, 6.07) is 5.45. The molecule has 4 N–H and O–H groups in total. The van der Waals surface area contributed by atoms with Gasteiger partial charge in [0.25, 0.3) is 0 Å². The Morgan fingerprint density at radius 1 is 1.45 bits per heavy atom. The highest BCUT2D eigenvalue weighted by molar-refractivity contribution is 6.33. The van der Waals surface area contributed by atoms with Gasteiger partial charge in [0.15, 0.2) is 0 Å². The molecule has 0 spiro atoms. The maximum absolute atomic E-state index is 5.72. The number of nitrogens with two attached hydrogens (primary N) is 2. The number of hydrogen-bond acceptors (Lipinski definition) is 2. The molecule has 1 aromatic carbocycles. The number of hydrogen-bond donors (Lipinski definition) is 2. The summed E-state index contributed by atoms with van der Waals surface area (Å²) in [5.74, 6) is 0. The summed E-state index contributed by atoms with van der Waals surface area (Å²) in [6.07, 6.45) is 0. The Balaban J connectivity index is 3.05. The Morgan fingerprint density at radius 2 is 2.09 bits per heavy atom. The van der Waals surface area contributed by atoms with Crippen molar-refractivity contribution < 1.29 is 0 Å². The van der Waals surface area contributed by atoms with E-state index >= 15 is 0 Å². The van der Waals surface area contributed by atoms with E-state index in [1.807, 2.05) is 13.0 Å². The van der Waals surface area contributed by atoms with E-state index in [0.717, 1.165) is 5.56 Å². The summed E-state index contributed by atoms with van der Waals surface area (Å²) in [5, 5.41) is 0.578. The van der Waals surface area contributed by atoms with E-state index in [1.54, 1.807) is 12.1 Å². The fourth-order valence-corrected chi connectivity index (χ4v) is 0.963. The van der Waals surface area contributed by atoms with Gasteiger partial charge >= 0.3 is 0 Å². The molecule has 1 atom stereocenters. The van der Waals surface area contributed by atoms with E-state index in [0.29, 0.717) is 10.7 Å². The summed E-state index contributed by atoms with van der Waals surface area (Å²) >= 11 is 5.72. The molecule has 0 heterocycles. The van der Waals surface area contributed by atoms with Crippen molar-refractivity contribution in [1.29, 1.82) is 0 Å². The predicted octanol–water partition coefficient (Wildman–Crippen LogP) is 1.94. The highest BCUT2D eigenvalue weighted by Gasteiger charge is 2.01. The number of anilines is 1. The van der Waals surface area contributed by atoms with Crippen molar-refractivity contribution in [3.8, 4) is 0 Å². The number of benzene rings is 1. The number of halogens is 1. The topological polar surface area (TPSA) is 52.0 Å². The molecule has 1 aromatic rings. The second-order valence-electron chi connectivity index (χ2n) is 2.57. The minimum Gasteiger partial charge on any atom is -0.398 e. The van der Waals surface area contributed by atoms with Crippen LogP contribution >= 0.6 is 11.6 Å². The van der Waals surface area contributed by atoms with Crippen LogP contribution in [0.5, 0.6) is 0 Å². The lowest BCUT2D eigenvalue weighted by Crippen LogP contribution is -2.05. The van der Waals surface area contributed by atoms with Gasteiger partial charge in [-0.15, -0.1) is 0 Å². The lowest BCUT2D eigenvalue weighted by atomic mass is 10.1. The van der Waals surface area contributed by atoms with Crippen molar-refractivity contribution in [1.82, 2.24) is 0 Å². The first-order valence-electron chi connectivity index (χ1n) is 3.42. The first-order valence-corrected chi connectivity index (χ1v) is 3.79. The molecule has 1 rings (SSSR count). The molecule has 0 aliphatic carbocycles. The van der Waals surface area contributed by atoms with Crippen molar-refractivity contribution in [3.63, 3.8) is 0 Å². The number of nitrogen functional groups attached to an aromatic ring is 1. The molecule has 3 heteroatoms. The van der Waals surface area contributed by atoms with Crippen LogP contribution in [0.15, 0.2) is 18.2 Å². The molecule has 11 heavy (non-hydrogen) atoms. The quantitative estimate of drug-likeness (QED) is 0.633. The molecular formula is C8H11ClN2. The highest BCUT2D eigenvalue weighted by Crippen LogP contribution is 2.21. The normalized spacial score (nSPS) is 13.0. The molecule has 0 bridgehead atoms. The van der Waals surface area contributed by atoms with Crippen LogP contribution < -0.4 is 11.5 Å². The van der Waals surface area contributed by atoms with Gasteiger partial charge in [0.2, 0.25) is 0 Å². The van der Waals surface area contributed by atoms with Crippen LogP contribution in [-0.4, -0.2) is 0 Å². The third-order valence-electron chi connectivity index (χ3n) is 1.55. The minimum absolute atomic E-state index is 0.00886. The second kappa shape index (κ2) is 3.11. The lowest BCUT2D eigenvalue weighted by molar-refractivity contribution is 0.819. The largest absolute Gasteiger partial charge is 0.398 e. The van der Waals surface area contributed by atoms with Crippen molar-refractivity contribution in [3.05, 3.63) is 28.8 Å². The average Bonchev–Trinajstić information content (AvgIpc) is 1.94.